The Kier molecular flexibility index (Phi) is 5.16. The molecule has 4 rings (SSSR count). The van der Waals surface area contributed by atoms with E-state index in [1.54, 1.807) is 0 Å². The number of hydrogen-bond donors (Lipinski definition) is 1. The first-order valence-electron chi connectivity index (χ1n) is 8.89. The van der Waals surface area contributed by atoms with Gasteiger partial charge in [0.2, 0.25) is 12.7 Å². The van der Waals surface area contributed by atoms with E-state index in [1.165, 1.54) is 11.8 Å². The van der Waals surface area contributed by atoms with E-state index in [0.717, 1.165) is 45.0 Å². The first kappa shape index (κ1) is 17.7. The molecule has 0 radical (unpaired) electrons. The van der Waals surface area contributed by atoms with Crippen molar-refractivity contribution in [3.05, 3.63) is 59.7 Å². The predicted molar refractivity (Wildman–Crippen MR) is 106 cm³/mol. The van der Waals surface area contributed by atoms with Gasteiger partial charge in [-0.05, 0) is 29.7 Å². The second-order valence-electron chi connectivity index (χ2n) is 6.26. The quantitative estimate of drug-likeness (QED) is 0.657. The van der Waals surface area contributed by atoms with Gasteiger partial charge in [-0.25, -0.2) is 4.98 Å². The average molecular weight is 380 g/mol. The minimum atomic E-state index is -0.00140. The predicted octanol–water partition coefficient (Wildman–Crippen LogP) is 3.93. The van der Waals surface area contributed by atoms with Crippen LogP contribution >= 0.6 is 11.8 Å². The van der Waals surface area contributed by atoms with E-state index in [0.29, 0.717) is 12.3 Å². The van der Waals surface area contributed by atoms with Crippen LogP contribution in [0.2, 0.25) is 0 Å². The number of rotatable bonds is 6. The van der Waals surface area contributed by atoms with Crippen LogP contribution in [0, 0.1) is 0 Å². The van der Waals surface area contributed by atoms with Crippen molar-refractivity contribution < 1.29 is 14.3 Å². The van der Waals surface area contributed by atoms with Crippen molar-refractivity contribution in [2.24, 2.45) is 0 Å². The van der Waals surface area contributed by atoms with E-state index in [2.05, 4.69) is 18.3 Å². The number of carbonyl (C=O) groups excluding carboxylic acids is 1. The number of nitrogens with one attached hydrogen (secondary N) is 1. The maximum Gasteiger partial charge on any atom is 0.231 e. The van der Waals surface area contributed by atoms with E-state index in [9.17, 15) is 4.79 Å². The highest BCUT2D eigenvalue weighted by Gasteiger charge is 2.16. The zero-order valence-corrected chi connectivity index (χ0v) is 15.8. The molecule has 2 heterocycles. The van der Waals surface area contributed by atoms with Crippen LogP contribution in [0.25, 0.3) is 10.9 Å². The molecular formula is C21H20N2O3S. The van der Waals surface area contributed by atoms with Crippen LogP contribution < -0.4 is 14.8 Å². The van der Waals surface area contributed by atoms with Crippen molar-refractivity contribution in [3.8, 4) is 11.5 Å². The van der Waals surface area contributed by atoms with Gasteiger partial charge in [0.05, 0.1) is 11.3 Å². The molecule has 1 aliphatic heterocycles. The number of thioether (sulfide) groups is 1. The lowest BCUT2D eigenvalue weighted by molar-refractivity contribution is -0.118. The molecule has 27 heavy (non-hydrogen) atoms. The fraction of sp³-hybridized carbons (Fsp3) is 0.238. The molecule has 0 spiro atoms. The summed E-state index contributed by atoms with van der Waals surface area (Å²) in [6.45, 7) is 2.88. The third kappa shape index (κ3) is 4.01. The number of aryl methyl sites for hydroxylation is 1. The molecule has 0 aliphatic carbocycles. The molecule has 1 aliphatic rings. The zero-order valence-electron chi connectivity index (χ0n) is 15.0. The van der Waals surface area contributed by atoms with Gasteiger partial charge in [-0.1, -0.05) is 49.0 Å². The topological polar surface area (TPSA) is 60.5 Å². The van der Waals surface area contributed by atoms with Crippen molar-refractivity contribution >= 4 is 28.6 Å². The summed E-state index contributed by atoms with van der Waals surface area (Å²) < 4.78 is 10.9. The number of hydrogen-bond acceptors (Lipinski definition) is 5. The Morgan fingerprint density at radius 2 is 1.93 bits per heavy atom. The molecule has 5 nitrogen and oxygen atoms in total. The van der Waals surface area contributed by atoms with Gasteiger partial charge in [-0.15, -0.1) is 0 Å². The number of fused-ring (bicyclic) bond motifs is 2. The Hall–Kier alpha value is -2.73. The normalized spacial score (nSPS) is 12.3. The van der Waals surface area contributed by atoms with Crippen LogP contribution in [0.1, 0.15) is 18.1 Å². The molecule has 0 bridgehead atoms. The van der Waals surface area contributed by atoms with E-state index in [4.69, 9.17) is 14.5 Å². The van der Waals surface area contributed by atoms with Gasteiger partial charge in [0.1, 0.15) is 5.03 Å². The Morgan fingerprint density at radius 3 is 2.70 bits per heavy atom. The zero-order chi connectivity index (χ0) is 18.6. The number of pyridine rings is 1. The summed E-state index contributed by atoms with van der Waals surface area (Å²) in [6.07, 6.45) is 0.853. The van der Waals surface area contributed by atoms with Crippen molar-refractivity contribution in [1.29, 1.82) is 0 Å². The third-order valence-electron chi connectivity index (χ3n) is 4.40. The fourth-order valence-corrected chi connectivity index (χ4v) is 3.87. The van der Waals surface area contributed by atoms with Crippen molar-refractivity contribution in [2.45, 2.75) is 24.9 Å². The number of carbonyl (C=O) groups is 1. The molecule has 1 N–H and O–H groups in total. The summed E-state index contributed by atoms with van der Waals surface area (Å²) >= 11 is 1.47. The van der Waals surface area contributed by atoms with Crippen molar-refractivity contribution in [1.82, 2.24) is 10.3 Å². The van der Waals surface area contributed by atoms with Gasteiger partial charge < -0.3 is 14.8 Å². The van der Waals surface area contributed by atoms with Crippen LogP contribution in [-0.2, 0) is 17.8 Å². The average Bonchev–Trinajstić information content (AvgIpc) is 3.16. The van der Waals surface area contributed by atoms with Gasteiger partial charge in [0.25, 0.3) is 0 Å². The lowest BCUT2D eigenvalue weighted by atomic mass is 10.1. The van der Waals surface area contributed by atoms with Crippen LogP contribution in [0.3, 0.4) is 0 Å². The Labute approximate surface area is 162 Å². The second-order valence-corrected chi connectivity index (χ2v) is 7.22. The lowest BCUT2D eigenvalue weighted by Gasteiger charge is -2.10. The largest absolute Gasteiger partial charge is 0.454 e. The fourth-order valence-electron chi connectivity index (χ4n) is 2.95. The molecule has 1 aromatic heterocycles. The van der Waals surface area contributed by atoms with Crippen molar-refractivity contribution in [3.63, 3.8) is 0 Å². The highest BCUT2D eigenvalue weighted by molar-refractivity contribution is 7.99. The molecule has 138 valence electrons. The minimum absolute atomic E-state index is 0.00140. The first-order chi connectivity index (χ1) is 13.2. The van der Waals surface area contributed by atoms with Crippen LogP contribution in [0.5, 0.6) is 11.5 Å². The number of benzene rings is 2. The Balaban J connectivity index is 1.46. The molecular weight excluding hydrogens is 360 g/mol. The van der Waals surface area contributed by atoms with Gasteiger partial charge in [0.15, 0.2) is 11.5 Å². The van der Waals surface area contributed by atoms with E-state index in [1.807, 2.05) is 42.5 Å². The molecule has 0 unspecified atom stereocenters. The summed E-state index contributed by atoms with van der Waals surface area (Å²) in [5.41, 5.74) is 3.07. The van der Waals surface area contributed by atoms with Gasteiger partial charge >= 0.3 is 0 Å². The SMILES string of the molecule is CCc1cc2cc3c(cc2nc1SCC(=O)NCc1ccccc1)OCO3. The lowest BCUT2D eigenvalue weighted by Crippen LogP contribution is -2.24. The van der Waals surface area contributed by atoms with Crippen molar-refractivity contribution in [2.75, 3.05) is 12.5 Å². The molecule has 1 amide bonds. The summed E-state index contributed by atoms with van der Waals surface area (Å²) in [5, 5.41) is 4.86. The minimum Gasteiger partial charge on any atom is -0.454 e. The summed E-state index contributed by atoms with van der Waals surface area (Å²) in [4.78, 5) is 17.0. The number of amides is 1. The molecule has 0 saturated heterocycles. The van der Waals surface area contributed by atoms with E-state index < -0.39 is 0 Å². The highest BCUT2D eigenvalue weighted by Crippen LogP contribution is 2.37. The molecule has 0 atom stereocenters. The summed E-state index contributed by atoms with van der Waals surface area (Å²) in [5.74, 6) is 1.81. The van der Waals surface area contributed by atoms with Crippen LogP contribution in [-0.4, -0.2) is 23.4 Å². The summed E-state index contributed by atoms with van der Waals surface area (Å²) in [7, 11) is 0. The Morgan fingerprint density at radius 1 is 1.15 bits per heavy atom. The van der Waals surface area contributed by atoms with E-state index in [-0.39, 0.29) is 12.7 Å². The molecule has 0 saturated carbocycles. The van der Waals surface area contributed by atoms with Gasteiger partial charge in [0, 0.05) is 18.0 Å². The number of nitrogens with zero attached hydrogens (tertiary/aromatic N) is 1. The monoisotopic (exact) mass is 380 g/mol. The standard InChI is InChI=1S/C21H20N2O3S/c1-2-15-8-16-9-18-19(26-13-25-18)10-17(16)23-21(15)27-12-20(24)22-11-14-6-4-3-5-7-14/h3-10H,2,11-13H2,1H3,(H,22,24). The highest BCUT2D eigenvalue weighted by atomic mass is 32.2. The number of ether oxygens (including phenoxy) is 2. The number of aromatic nitrogens is 1. The van der Waals surface area contributed by atoms with Gasteiger partial charge in [-0.2, -0.15) is 0 Å². The molecule has 2 aromatic carbocycles. The van der Waals surface area contributed by atoms with E-state index >= 15 is 0 Å². The molecule has 0 fully saturated rings. The smallest absolute Gasteiger partial charge is 0.231 e. The van der Waals surface area contributed by atoms with Gasteiger partial charge in [-0.3, -0.25) is 4.79 Å². The van der Waals surface area contributed by atoms with Crippen LogP contribution in [0.15, 0.2) is 53.6 Å². The maximum absolute atomic E-state index is 12.2. The maximum atomic E-state index is 12.2. The first-order valence-corrected chi connectivity index (χ1v) is 9.88. The molecule has 6 heteroatoms. The third-order valence-corrected chi connectivity index (χ3v) is 5.44. The second kappa shape index (κ2) is 7.88. The van der Waals surface area contributed by atoms with Crippen LogP contribution in [0.4, 0.5) is 0 Å². The Bertz CT molecular complexity index is 976. The summed E-state index contributed by atoms with van der Waals surface area (Å²) in [6, 6.07) is 15.9. The molecule has 3 aromatic rings.